The summed E-state index contributed by atoms with van der Waals surface area (Å²) in [7, 11) is 0. The molecule has 0 fully saturated rings. The highest BCUT2D eigenvalue weighted by molar-refractivity contribution is 8.15. The van der Waals surface area contributed by atoms with Crippen molar-refractivity contribution in [2.45, 2.75) is 32.2 Å². The molecule has 1 spiro atoms. The van der Waals surface area contributed by atoms with Gasteiger partial charge in [-0.15, -0.1) is 5.10 Å². The van der Waals surface area contributed by atoms with E-state index in [1.165, 1.54) is 13.8 Å². The smallest absolute Gasteiger partial charge is 0.271 e. The average Bonchev–Trinajstić information content (AvgIpc) is 3.22. The van der Waals surface area contributed by atoms with Gasteiger partial charge in [-0.2, -0.15) is 5.01 Å². The Hall–Kier alpha value is -3.04. The first-order chi connectivity index (χ1) is 15.3. The van der Waals surface area contributed by atoms with E-state index in [9.17, 15) is 14.4 Å². The number of rotatable bonds is 4. The molecule has 2 aliphatic rings. The van der Waals surface area contributed by atoms with Gasteiger partial charge in [0.25, 0.3) is 5.91 Å². The molecular weight excluding hydrogens is 452 g/mol. The standard InChI is InChI=1S/C22H21ClN4O4S/c1-4-31-16-10-8-15(9-11-16)12-26-19-17(6-5-7-18(19)23)22(20(26)30)27(14(3)29)25-21(32-22)24-13(2)28/h5-11H,4,12H2,1-3H3,(H,24,25,28). The van der Waals surface area contributed by atoms with Crippen molar-refractivity contribution in [2.75, 3.05) is 11.5 Å². The maximum atomic E-state index is 13.9. The molecule has 0 bridgehead atoms. The van der Waals surface area contributed by atoms with E-state index >= 15 is 0 Å². The number of amides is 3. The number of anilines is 1. The molecule has 0 radical (unpaired) electrons. The molecule has 2 aromatic rings. The Balaban J connectivity index is 1.77. The van der Waals surface area contributed by atoms with Crippen molar-refractivity contribution in [1.29, 1.82) is 0 Å². The molecular formula is C22H21ClN4O4S. The number of nitrogens with one attached hydrogen (secondary N) is 1. The summed E-state index contributed by atoms with van der Waals surface area (Å²) in [6, 6.07) is 12.6. The molecule has 1 unspecified atom stereocenters. The maximum absolute atomic E-state index is 13.9. The number of carbonyl (C=O) groups excluding carboxylic acids is 3. The summed E-state index contributed by atoms with van der Waals surface area (Å²) >= 11 is 7.56. The van der Waals surface area contributed by atoms with Gasteiger partial charge in [-0.25, -0.2) is 0 Å². The predicted octanol–water partition coefficient (Wildman–Crippen LogP) is 3.44. The van der Waals surface area contributed by atoms with Crippen molar-refractivity contribution in [3.05, 3.63) is 58.6 Å². The molecule has 0 saturated heterocycles. The number of benzene rings is 2. The average molecular weight is 473 g/mol. The normalized spacial score (nSPS) is 19.2. The van der Waals surface area contributed by atoms with E-state index in [2.05, 4.69) is 10.4 Å². The lowest BCUT2D eigenvalue weighted by Crippen LogP contribution is -2.48. The lowest BCUT2D eigenvalue weighted by atomic mass is 10.1. The lowest BCUT2D eigenvalue weighted by molar-refractivity contribution is -0.139. The first-order valence-corrected chi connectivity index (χ1v) is 11.2. The van der Waals surface area contributed by atoms with E-state index in [1.54, 1.807) is 23.1 Å². The van der Waals surface area contributed by atoms with Crippen LogP contribution in [0.2, 0.25) is 5.02 Å². The highest BCUT2D eigenvalue weighted by Crippen LogP contribution is 2.56. The number of carbonyl (C=O) groups is 3. The molecule has 1 atom stereocenters. The van der Waals surface area contributed by atoms with E-state index in [0.717, 1.165) is 28.1 Å². The highest BCUT2D eigenvalue weighted by Gasteiger charge is 2.61. The second-order valence-electron chi connectivity index (χ2n) is 7.27. The Labute approximate surface area is 194 Å². The first kappa shape index (κ1) is 22.2. The number of amidine groups is 1. The van der Waals surface area contributed by atoms with Gasteiger partial charge >= 0.3 is 0 Å². The first-order valence-electron chi connectivity index (χ1n) is 9.96. The van der Waals surface area contributed by atoms with Gasteiger partial charge in [0, 0.05) is 19.4 Å². The monoisotopic (exact) mass is 472 g/mol. The van der Waals surface area contributed by atoms with Crippen molar-refractivity contribution in [1.82, 2.24) is 10.3 Å². The number of nitrogens with zero attached hydrogens (tertiary/aromatic N) is 3. The van der Waals surface area contributed by atoms with Crippen molar-refractivity contribution < 1.29 is 19.1 Å². The summed E-state index contributed by atoms with van der Waals surface area (Å²) in [5.41, 5.74) is 1.93. The van der Waals surface area contributed by atoms with Crippen LogP contribution in [-0.4, -0.2) is 34.5 Å². The summed E-state index contributed by atoms with van der Waals surface area (Å²) in [6.45, 7) is 5.38. The maximum Gasteiger partial charge on any atom is 0.271 e. The Bertz CT molecular complexity index is 1140. The van der Waals surface area contributed by atoms with Crippen LogP contribution < -0.4 is 15.0 Å². The predicted molar refractivity (Wildman–Crippen MR) is 123 cm³/mol. The van der Waals surface area contributed by atoms with E-state index < -0.39 is 10.8 Å². The van der Waals surface area contributed by atoms with Crippen molar-refractivity contribution >= 4 is 51.9 Å². The molecule has 0 aliphatic carbocycles. The number of thioether (sulfide) groups is 1. The minimum atomic E-state index is -1.48. The Morgan fingerprint density at radius 1 is 1.19 bits per heavy atom. The zero-order valence-corrected chi connectivity index (χ0v) is 19.3. The fourth-order valence-electron chi connectivity index (χ4n) is 3.82. The van der Waals surface area contributed by atoms with Gasteiger partial charge in [0.05, 0.1) is 23.9 Å². The molecule has 32 heavy (non-hydrogen) atoms. The SMILES string of the molecule is CCOc1ccc(CN2C(=O)C3(SC(NC(C)=O)=NN3C(C)=O)c3cccc(Cl)c32)cc1. The van der Waals surface area contributed by atoms with Crippen molar-refractivity contribution in [3.63, 3.8) is 0 Å². The number of para-hydroxylation sites is 1. The van der Waals surface area contributed by atoms with Gasteiger partial charge < -0.3 is 15.0 Å². The topological polar surface area (TPSA) is 91.3 Å². The van der Waals surface area contributed by atoms with E-state index in [-0.39, 0.29) is 23.5 Å². The number of hydrogen-bond acceptors (Lipinski definition) is 6. The summed E-state index contributed by atoms with van der Waals surface area (Å²) < 4.78 is 5.49. The van der Waals surface area contributed by atoms with E-state index in [0.29, 0.717) is 22.9 Å². The van der Waals surface area contributed by atoms with Crippen LogP contribution in [0.25, 0.3) is 0 Å². The largest absolute Gasteiger partial charge is 0.494 e. The zero-order valence-electron chi connectivity index (χ0n) is 17.7. The summed E-state index contributed by atoms with van der Waals surface area (Å²) in [4.78, 5) is 38.1. The van der Waals surface area contributed by atoms with Gasteiger partial charge in [0.1, 0.15) is 5.75 Å². The molecule has 3 amide bonds. The molecule has 166 valence electrons. The van der Waals surface area contributed by atoms with Crippen molar-refractivity contribution in [2.24, 2.45) is 5.10 Å². The molecule has 4 rings (SSSR count). The van der Waals surface area contributed by atoms with Gasteiger partial charge in [0.2, 0.25) is 16.7 Å². The van der Waals surface area contributed by atoms with Crippen molar-refractivity contribution in [3.8, 4) is 5.75 Å². The van der Waals surface area contributed by atoms with Crippen LogP contribution in [0.5, 0.6) is 5.75 Å². The second-order valence-corrected chi connectivity index (χ2v) is 8.86. The second kappa shape index (κ2) is 8.48. The van der Waals surface area contributed by atoms with Crippen LogP contribution in [0.1, 0.15) is 31.9 Å². The van der Waals surface area contributed by atoms with Gasteiger partial charge in [0.15, 0.2) is 5.17 Å². The third kappa shape index (κ3) is 3.61. The summed E-state index contributed by atoms with van der Waals surface area (Å²) in [5, 5.41) is 8.51. The Kier molecular flexibility index (Phi) is 5.87. The molecule has 8 nitrogen and oxygen atoms in total. The molecule has 0 aromatic heterocycles. The molecule has 0 saturated carbocycles. The quantitative estimate of drug-likeness (QED) is 0.736. The Morgan fingerprint density at radius 2 is 1.91 bits per heavy atom. The summed E-state index contributed by atoms with van der Waals surface area (Å²) in [5.74, 6) is -0.403. The summed E-state index contributed by atoms with van der Waals surface area (Å²) in [6.07, 6.45) is 0. The number of fused-ring (bicyclic) bond motifs is 2. The zero-order chi connectivity index (χ0) is 23.0. The third-order valence-electron chi connectivity index (χ3n) is 5.05. The fourth-order valence-corrected chi connectivity index (χ4v) is 5.42. The van der Waals surface area contributed by atoms with Crippen LogP contribution >= 0.6 is 23.4 Å². The lowest BCUT2D eigenvalue weighted by Gasteiger charge is -2.29. The highest BCUT2D eigenvalue weighted by atomic mass is 35.5. The van der Waals surface area contributed by atoms with E-state index in [4.69, 9.17) is 16.3 Å². The minimum absolute atomic E-state index is 0.176. The number of hydrazone groups is 1. The van der Waals surface area contributed by atoms with Crippen LogP contribution in [0.4, 0.5) is 5.69 Å². The van der Waals surface area contributed by atoms with Gasteiger partial charge in [-0.3, -0.25) is 14.4 Å². The molecule has 2 aromatic carbocycles. The molecule has 1 N–H and O–H groups in total. The third-order valence-corrected chi connectivity index (χ3v) is 6.59. The van der Waals surface area contributed by atoms with Crippen LogP contribution in [-0.2, 0) is 25.8 Å². The number of hydrogen-bond donors (Lipinski definition) is 1. The van der Waals surface area contributed by atoms with Crippen LogP contribution in [0, 0.1) is 0 Å². The number of ether oxygens (including phenoxy) is 1. The molecule has 2 heterocycles. The van der Waals surface area contributed by atoms with Gasteiger partial charge in [-0.05, 0) is 42.4 Å². The van der Waals surface area contributed by atoms with Crippen LogP contribution in [0.15, 0.2) is 47.6 Å². The van der Waals surface area contributed by atoms with E-state index in [1.807, 2.05) is 31.2 Å². The minimum Gasteiger partial charge on any atom is -0.494 e. The molecule has 10 heteroatoms. The van der Waals surface area contributed by atoms with Crippen LogP contribution in [0.3, 0.4) is 0 Å². The van der Waals surface area contributed by atoms with Gasteiger partial charge in [-0.1, -0.05) is 35.9 Å². The molecule has 2 aliphatic heterocycles. The number of halogens is 1. The fraction of sp³-hybridized carbons (Fsp3) is 0.273. The Morgan fingerprint density at radius 3 is 2.53 bits per heavy atom.